The molecule has 0 aromatic heterocycles. The van der Waals surface area contributed by atoms with Crippen molar-refractivity contribution >= 4 is 18.0 Å². The van der Waals surface area contributed by atoms with Gasteiger partial charge in [0, 0.05) is 19.1 Å². The third-order valence-corrected chi connectivity index (χ3v) is 6.88. The molecular formula is C26H28N2O7. The molecule has 2 amide bonds. The summed E-state index contributed by atoms with van der Waals surface area (Å²) in [7, 11) is 0. The maximum absolute atomic E-state index is 12.5. The van der Waals surface area contributed by atoms with Crippen LogP contribution in [0.3, 0.4) is 0 Å². The number of fused-ring (bicyclic) bond motifs is 3. The predicted octanol–water partition coefficient (Wildman–Crippen LogP) is 2.43. The zero-order valence-electron chi connectivity index (χ0n) is 19.1. The molecule has 2 aromatic carbocycles. The van der Waals surface area contributed by atoms with Gasteiger partial charge in [0.15, 0.2) is 6.10 Å². The molecule has 9 nitrogen and oxygen atoms in total. The summed E-state index contributed by atoms with van der Waals surface area (Å²) in [6.07, 6.45) is -1.02. The second-order valence-corrected chi connectivity index (χ2v) is 9.06. The zero-order valence-corrected chi connectivity index (χ0v) is 19.1. The number of benzene rings is 2. The Hall–Kier alpha value is -3.43. The summed E-state index contributed by atoms with van der Waals surface area (Å²) in [5, 5.41) is 14.6. The van der Waals surface area contributed by atoms with E-state index in [2.05, 4.69) is 34.9 Å². The normalized spacial score (nSPS) is 25.0. The maximum atomic E-state index is 12.5. The van der Waals surface area contributed by atoms with E-state index in [-0.39, 0.29) is 31.1 Å². The van der Waals surface area contributed by atoms with Gasteiger partial charge < -0.3 is 30.0 Å². The third kappa shape index (κ3) is 4.87. The van der Waals surface area contributed by atoms with Crippen molar-refractivity contribution in [3.8, 4) is 11.1 Å². The minimum atomic E-state index is -1.09. The number of alkyl carbamates (subject to hydrolysis) is 1. The van der Waals surface area contributed by atoms with Gasteiger partial charge in [0.2, 0.25) is 5.91 Å². The SMILES string of the molecule is O=C(NCC1CCC(C(=O)N[C@@H]2CCO[C@@H]2C(=O)O)O1)OCC1c2ccccc2-c2ccccc21. The molecule has 4 atom stereocenters. The van der Waals surface area contributed by atoms with Gasteiger partial charge in [0.1, 0.15) is 12.7 Å². The van der Waals surface area contributed by atoms with E-state index in [1.54, 1.807) is 0 Å². The standard InChI is InChI=1S/C26H28N2O7/c29-24(28-21-11-12-33-23(21)25(30)31)22-10-9-15(35-22)13-27-26(32)34-14-20-18-7-3-1-5-16(18)17-6-2-4-8-19(17)20/h1-8,15,20-23H,9-14H2,(H,27,32)(H,28,29)(H,30,31)/t15?,21-,22?,23+/m1/s1. The molecular weight excluding hydrogens is 452 g/mol. The maximum Gasteiger partial charge on any atom is 0.407 e. The highest BCUT2D eigenvalue weighted by Crippen LogP contribution is 2.44. The summed E-state index contributed by atoms with van der Waals surface area (Å²) in [5.74, 6) is -1.46. The van der Waals surface area contributed by atoms with Crippen molar-refractivity contribution in [2.75, 3.05) is 19.8 Å². The summed E-state index contributed by atoms with van der Waals surface area (Å²) in [5.41, 5.74) is 4.62. The minimum absolute atomic E-state index is 0.0156. The number of amides is 2. The Morgan fingerprint density at radius 2 is 1.66 bits per heavy atom. The second-order valence-electron chi connectivity index (χ2n) is 9.06. The molecule has 184 valence electrons. The first-order valence-corrected chi connectivity index (χ1v) is 11.9. The Labute approximate surface area is 202 Å². The highest BCUT2D eigenvalue weighted by atomic mass is 16.6. The molecule has 3 aliphatic rings. The van der Waals surface area contributed by atoms with Gasteiger partial charge >= 0.3 is 12.1 Å². The fourth-order valence-corrected chi connectivity index (χ4v) is 5.15. The number of aliphatic carboxylic acids is 1. The summed E-state index contributed by atoms with van der Waals surface area (Å²) >= 11 is 0. The van der Waals surface area contributed by atoms with Crippen LogP contribution in [0.5, 0.6) is 0 Å². The highest BCUT2D eigenvalue weighted by molar-refractivity contribution is 5.83. The van der Waals surface area contributed by atoms with Crippen molar-refractivity contribution in [1.29, 1.82) is 0 Å². The molecule has 3 N–H and O–H groups in total. The van der Waals surface area contributed by atoms with E-state index in [0.29, 0.717) is 25.9 Å². The Bertz CT molecular complexity index is 1070. The number of carbonyl (C=O) groups is 3. The van der Waals surface area contributed by atoms with Crippen molar-refractivity contribution in [3.63, 3.8) is 0 Å². The lowest BCUT2D eigenvalue weighted by Crippen LogP contribution is -2.47. The van der Waals surface area contributed by atoms with E-state index >= 15 is 0 Å². The fraction of sp³-hybridized carbons (Fsp3) is 0.423. The van der Waals surface area contributed by atoms with E-state index in [1.165, 1.54) is 11.1 Å². The first-order chi connectivity index (χ1) is 17.0. The summed E-state index contributed by atoms with van der Waals surface area (Å²) in [6.45, 7) is 0.746. The largest absolute Gasteiger partial charge is 0.479 e. The van der Waals surface area contributed by atoms with Crippen molar-refractivity contribution in [1.82, 2.24) is 10.6 Å². The molecule has 2 heterocycles. The van der Waals surface area contributed by atoms with Crippen LogP contribution in [0.15, 0.2) is 48.5 Å². The van der Waals surface area contributed by atoms with Gasteiger partial charge in [-0.25, -0.2) is 9.59 Å². The van der Waals surface area contributed by atoms with Crippen LogP contribution in [0.1, 0.15) is 36.3 Å². The predicted molar refractivity (Wildman–Crippen MR) is 125 cm³/mol. The van der Waals surface area contributed by atoms with Gasteiger partial charge in [-0.15, -0.1) is 0 Å². The lowest BCUT2D eigenvalue weighted by Gasteiger charge is -2.19. The lowest BCUT2D eigenvalue weighted by atomic mass is 9.98. The average Bonchev–Trinajstić information content (AvgIpc) is 3.59. The van der Waals surface area contributed by atoms with Crippen LogP contribution in [0.4, 0.5) is 4.79 Å². The topological polar surface area (TPSA) is 123 Å². The number of carboxylic acid groups (broad SMARTS) is 1. The van der Waals surface area contributed by atoms with Gasteiger partial charge in [-0.3, -0.25) is 4.79 Å². The summed E-state index contributed by atoms with van der Waals surface area (Å²) in [6, 6.07) is 15.7. The first kappa shape index (κ1) is 23.3. The summed E-state index contributed by atoms with van der Waals surface area (Å²) < 4.78 is 16.5. The Morgan fingerprint density at radius 3 is 2.34 bits per heavy atom. The van der Waals surface area contributed by atoms with Crippen LogP contribution in [0, 0.1) is 0 Å². The van der Waals surface area contributed by atoms with E-state index < -0.39 is 30.3 Å². The smallest absolute Gasteiger partial charge is 0.407 e. The number of ether oxygens (including phenoxy) is 3. The van der Waals surface area contributed by atoms with Crippen LogP contribution in [-0.2, 0) is 23.8 Å². The van der Waals surface area contributed by atoms with Crippen LogP contribution >= 0.6 is 0 Å². The van der Waals surface area contributed by atoms with E-state index in [0.717, 1.165) is 11.1 Å². The number of rotatable bonds is 7. The van der Waals surface area contributed by atoms with Crippen LogP contribution in [-0.4, -0.2) is 67.2 Å². The van der Waals surface area contributed by atoms with Crippen molar-refractivity contribution < 1.29 is 33.7 Å². The zero-order chi connectivity index (χ0) is 24.4. The number of carboxylic acids is 1. The molecule has 2 aromatic rings. The van der Waals surface area contributed by atoms with E-state index in [9.17, 15) is 19.5 Å². The molecule has 35 heavy (non-hydrogen) atoms. The van der Waals surface area contributed by atoms with Gasteiger partial charge in [0.25, 0.3) is 0 Å². The molecule has 0 radical (unpaired) electrons. The van der Waals surface area contributed by atoms with Crippen LogP contribution in [0.2, 0.25) is 0 Å². The quantitative estimate of drug-likeness (QED) is 0.556. The van der Waals surface area contributed by atoms with Gasteiger partial charge in [-0.1, -0.05) is 48.5 Å². The molecule has 5 rings (SSSR count). The third-order valence-electron chi connectivity index (χ3n) is 6.88. The average molecular weight is 481 g/mol. The van der Waals surface area contributed by atoms with Crippen molar-refractivity contribution in [3.05, 3.63) is 59.7 Å². The number of hydrogen-bond donors (Lipinski definition) is 3. The van der Waals surface area contributed by atoms with Gasteiger partial charge in [0.05, 0.1) is 12.1 Å². The molecule has 2 aliphatic heterocycles. The van der Waals surface area contributed by atoms with Crippen molar-refractivity contribution in [2.24, 2.45) is 0 Å². The number of hydrogen-bond acceptors (Lipinski definition) is 6. The Morgan fingerprint density at radius 1 is 0.971 bits per heavy atom. The molecule has 0 spiro atoms. The molecule has 0 saturated carbocycles. The van der Waals surface area contributed by atoms with Crippen molar-refractivity contribution in [2.45, 2.75) is 49.5 Å². The number of nitrogens with one attached hydrogen (secondary N) is 2. The minimum Gasteiger partial charge on any atom is -0.479 e. The van der Waals surface area contributed by atoms with Gasteiger partial charge in [-0.05, 0) is 41.5 Å². The number of carbonyl (C=O) groups excluding carboxylic acids is 2. The first-order valence-electron chi connectivity index (χ1n) is 11.9. The lowest BCUT2D eigenvalue weighted by molar-refractivity contribution is -0.148. The fourth-order valence-electron chi connectivity index (χ4n) is 5.15. The molecule has 2 fully saturated rings. The molecule has 9 heteroatoms. The second kappa shape index (κ2) is 10.1. The highest BCUT2D eigenvalue weighted by Gasteiger charge is 2.38. The van der Waals surface area contributed by atoms with Gasteiger partial charge in [-0.2, -0.15) is 0 Å². The molecule has 2 unspecified atom stereocenters. The Kier molecular flexibility index (Phi) is 6.70. The molecule has 1 aliphatic carbocycles. The van der Waals surface area contributed by atoms with E-state index in [4.69, 9.17) is 14.2 Å². The van der Waals surface area contributed by atoms with Crippen LogP contribution in [0.25, 0.3) is 11.1 Å². The molecule has 0 bridgehead atoms. The molecule has 2 saturated heterocycles. The Balaban J connectivity index is 1.08. The van der Waals surface area contributed by atoms with Crippen LogP contribution < -0.4 is 10.6 Å². The van der Waals surface area contributed by atoms with E-state index in [1.807, 2.05) is 24.3 Å². The summed E-state index contributed by atoms with van der Waals surface area (Å²) in [4.78, 5) is 36.1. The monoisotopic (exact) mass is 480 g/mol.